The van der Waals surface area contributed by atoms with Gasteiger partial charge in [0.1, 0.15) is 6.07 Å². The molecule has 3 nitrogen and oxygen atoms in total. The minimum absolute atomic E-state index is 0.115. The first-order valence-corrected chi connectivity index (χ1v) is 6.89. The maximum absolute atomic E-state index is 9.33. The first-order chi connectivity index (χ1) is 10.3. The van der Waals surface area contributed by atoms with Gasteiger partial charge in [-0.25, -0.2) is 0 Å². The van der Waals surface area contributed by atoms with Crippen LogP contribution in [-0.4, -0.2) is 4.98 Å². The van der Waals surface area contributed by atoms with Crippen LogP contribution < -0.4 is 5.32 Å². The number of nitrogens with zero attached hydrogens (tertiary/aromatic N) is 2. The van der Waals surface area contributed by atoms with E-state index in [1.807, 2.05) is 42.5 Å². The number of benzene rings is 2. The molecule has 0 aliphatic rings. The van der Waals surface area contributed by atoms with Gasteiger partial charge in [0.05, 0.1) is 16.8 Å². The number of pyridine rings is 1. The Morgan fingerprint density at radius 3 is 2.52 bits per heavy atom. The van der Waals surface area contributed by atoms with E-state index in [9.17, 15) is 5.26 Å². The van der Waals surface area contributed by atoms with Crippen molar-refractivity contribution in [3.63, 3.8) is 0 Å². The standard InChI is InChI=1S/C18H15N3/c1-13(14-7-3-2-4-8-14)21-18-15(11-19)12-20-17-10-6-5-9-16(17)18/h2-10,12-13H,1H3,(H,20,21). The van der Waals surface area contributed by atoms with E-state index in [0.717, 1.165) is 16.6 Å². The summed E-state index contributed by atoms with van der Waals surface area (Å²) in [5, 5.41) is 13.8. The number of anilines is 1. The van der Waals surface area contributed by atoms with Gasteiger partial charge in [-0.1, -0.05) is 48.5 Å². The summed E-state index contributed by atoms with van der Waals surface area (Å²) in [7, 11) is 0. The highest BCUT2D eigenvalue weighted by molar-refractivity contribution is 5.94. The van der Waals surface area contributed by atoms with E-state index in [-0.39, 0.29) is 6.04 Å². The first kappa shape index (κ1) is 13.1. The summed E-state index contributed by atoms with van der Waals surface area (Å²) >= 11 is 0. The molecule has 0 fully saturated rings. The second-order valence-electron chi connectivity index (χ2n) is 4.95. The molecule has 3 heteroatoms. The summed E-state index contributed by atoms with van der Waals surface area (Å²) in [4.78, 5) is 4.33. The van der Waals surface area contributed by atoms with Crippen LogP contribution in [0.4, 0.5) is 5.69 Å². The quantitative estimate of drug-likeness (QED) is 0.774. The highest BCUT2D eigenvalue weighted by Gasteiger charge is 2.12. The molecule has 0 aliphatic heterocycles. The Bertz CT molecular complexity index is 804. The minimum Gasteiger partial charge on any atom is -0.377 e. The van der Waals surface area contributed by atoms with Crippen molar-refractivity contribution in [1.82, 2.24) is 4.98 Å². The Hall–Kier alpha value is -2.86. The third kappa shape index (κ3) is 2.56. The van der Waals surface area contributed by atoms with Crippen LogP contribution in [0, 0.1) is 11.3 Å². The van der Waals surface area contributed by atoms with Crippen molar-refractivity contribution in [3.05, 3.63) is 71.9 Å². The van der Waals surface area contributed by atoms with E-state index in [2.05, 4.69) is 35.4 Å². The van der Waals surface area contributed by atoms with Gasteiger partial charge in [0.15, 0.2) is 0 Å². The summed E-state index contributed by atoms with van der Waals surface area (Å²) in [5.41, 5.74) is 3.48. The van der Waals surface area contributed by atoms with Gasteiger partial charge in [-0.05, 0) is 18.6 Å². The zero-order valence-corrected chi connectivity index (χ0v) is 11.7. The van der Waals surface area contributed by atoms with Gasteiger partial charge in [-0.15, -0.1) is 0 Å². The lowest BCUT2D eigenvalue weighted by molar-refractivity contribution is 0.885. The van der Waals surface area contributed by atoms with Crippen molar-refractivity contribution >= 4 is 16.6 Å². The predicted molar refractivity (Wildman–Crippen MR) is 84.9 cm³/mol. The molecule has 3 rings (SSSR count). The Labute approximate surface area is 123 Å². The Morgan fingerprint density at radius 2 is 1.76 bits per heavy atom. The van der Waals surface area contributed by atoms with E-state index in [4.69, 9.17) is 0 Å². The molecule has 102 valence electrons. The lowest BCUT2D eigenvalue weighted by Gasteiger charge is -2.18. The van der Waals surface area contributed by atoms with Crippen LogP contribution in [0.15, 0.2) is 60.8 Å². The fourth-order valence-electron chi connectivity index (χ4n) is 2.42. The summed E-state index contributed by atoms with van der Waals surface area (Å²) in [5.74, 6) is 0. The maximum atomic E-state index is 9.33. The van der Waals surface area contributed by atoms with Crippen molar-refractivity contribution in [1.29, 1.82) is 5.26 Å². The molecule has 0 amide bonds. The molecule has 0 saturated heterocycles. The second kappa shape index (κ2) is 5.64. The van der Waals surface area contributed by atoms with E-state index < -0.39 is 0 Å². The summed E-state index contributed by atoms with van der Waals surface area (Å²) in [6.07, 6.45) is 1.63. The number of rotatable bonds is 3. The van der Waals surface area contributed by atoms with Gasteiger partial charge in [0.2, 0.25) is 0 Å². The number of nitriles is 1. The van der Waals surface area contributed by atoms with Crippen molar-refractivity contribution in [2.45, 2.75) is 13.0 Å². The monoisotopic (exact) mass is 273 g/mol. The van der Waals surface area contributed by atoms with Crippen LogP contribution in [0.1, 0.15) is 24.1 Å². The summed E-state index contributed by atoms with van der Waals surface area (Å²) in [6.45, 7) is 2.09. The highest BCUT2D eigenvalue weighted by Crippen LogP contribution is 2.29. The number of aromatic nitrogens is 1. The van der Waals surface area contributed by atoms with Crippen molar-refractivity contribution < 1.29 is 0 Å². The smallest absolute Gasteiger partial charge is 0.103 e. The molecular weight excluding hydrogens is 258 g/mol. The lowest BCUT2D eigenvalue weighted by atomic mass is 10.1. The van der Waals surface area contributed by atoms with Crippen LogP contribution in [0.5, 0.6) is 0 Å². The van der Waals surface area contributed by atoms with Gasteiger partial charge in [0.25, 0.3) is 0 Å². The largest absolute Gasteiger partial charge is 0.377 e. The number of para-hydroxylation sites is 1. The normalized spacial score (nSPS) is 11.8. The van der Waals surface area contributed by atoms with E-state index in [1.165, 1.54) is 5.56 Å². The Morgan fingerprint density at radius 1 is 1.05 bits per heavy atom. The molecule has 21 heavy (non-hydrogen) atoms. The van der Waals surface area contributed by atoms with Crippen LogP contribution >= 0.6 is 0 Å². The van der Waals surface area contributed by atoms with E-state index in [0.29, 0.717) is 5.56 Å². The molecule has 1 atom stereocenters. The number of hydrogen-bond acceptors (Lipinski definition) is 3. The second-order valence-corrected chi connectivity index (χ2v) is 4.95. The van der Waals surface area contributed by atoms with Gasteiger partial charge in [0, 0.05) is 17.6 Å². The van der Waals surface area contributed by atoms with Gasteiger partial charge >= 0.3 is 0 Å². The van der Waals surface area contributed by atoms with Crippen LogP contribution in [-0.2, 0) is 0 Å². The van der Waals surface area contributed by atoms with Gasteiger partial charge in [-0.2, -0.15) is 5.26 Å². The van der Waals surface area contributed by atoms with Crippen LogP contribution in [0.2, 0.25) is 0 Å². The van der Waals surface area contributed by atoms with E-state index in [1.54, 1.807) is 6.20 Å². The number of hydrogen-bond donors (Lipinski definition) is 1. The third-order valence-corrected chi connectivity index (χ3v) is 3.56. The first-order valence-electron chi connectivity index (χ1n) is 6.89. The SMILES string of the molecule is CC(Nc1c(C#N)cnc2ccccc12)c1ccccc1. The highest BCUT2D eigenvalue weighted by atomic mass is 14.9. The fraction of sp³-hybridized carbons (Fsp3) is 0.111. The summed E-state index contributed by atoms with van der Waals surface area (Å²) in [6, 6.07) is 20.4. The van der Waals surface area contributed by atoms with Crippen molar-refractivity contribution in [2.75, 3.05) is 5.32 Å². The maximum Gasteiger partial charge on any atom is 0.103 e. The molecular formula is C18H15N3. The molecule has 2 aromatic carbocycles. The average molecular weight is 273 g/mol. The average Bonchev–Trinajstić information content (AvgIpc) is 2.56. The molecule has 1 unspecified atom stereocenters. The molecule has 0 radical (unpaired) electrons. The summed E-state index contributed by atoms with van der Waals surface area (Å²) < 4.78 is 0. The minimum atomic E-state index is 0.115. The molecule has 0 saturated carbocycles. The Balaban J connectivity index is 2.05. The molecule has 1 N–H and O–H groups in total. The van der Waals surface area contributed by atoms with Crippen LogP contribution in [0.25, 0.3) is 10.9 Å². The van der Waals surface area contributed by atoms with Gasteiger partial charge in [-0.3, -0.25) is 4.98 Å². The molecule has 0 bridgehead atoms. The molecule has 0 aliphatic carbocycles. The van der Waals surface area contributed by atoms with Gasteiger partial charge < -0.3 is 5.32 Å². The zero-order chi connectivity index (χ0) is 14.7. The molecule has 3 aromatic rings. The zero-order valence-electron chi connectivity index (χ0n) is 11.7. The molecule has 1 heterocycles. The predicted octanol–water partition coefficient (Wildman–Crippen LogP) is 4.28. The van der Waals surface area contributed by atoms with Crippen molar-refractivity contribution in [3.8, 4) is 6.07 Å². The van der Waals surface area contributed by atoms with Crippen LogP contribution in [0.3, 0.4) is 0 Å². The number of nitrogens with one attached hydrogen (secondary N) is 1. The fourth-order valence-corrected chi connectivity index (χ4v) is 2.42. The topological polar surface area (TPSA) is 48.7 Å². The molecule has 1 aromatic heterocycles. The third-order valence-electron chi connectivity index (χ3n) is 3.56. The van der Waals surface area contributed by atoms with E-state index >= 15 is 0 Å². The lowest BCUT2D eigenvalue weighted by Crippen LogP contribution is -2.08. The molecule has 0 spiro atoms. The Kier molecular flexibility index (Phi) is 3.53. The van der Waals surface area contributed by atoms with Crippen molar-refractivity contribution in [2.24, 2.45) is 0 Å². The number of fused-ring (bicyclic) bond motifs is 1.